The number of ether oxygens (including phenoxy) is 1. The largest absolute Gasteiger partial charge is 0.484 e. The molecule has 0 unspecified atom stereocenters. The van der Waals surface area contributed by atoms with Crippen LogP contribution in [0.4, 0.5) is 5.69 Å². The first-order valence-corrected chi connectivity index (χ1v) is 5.94. The highest BCUT2D eigenvalue weighted by molar-refractivity contribution is 5.95. The van der Waals surface area contributed by atoms with Crippen molar-refractivity contribution in [2.45, 2.75) is 12.8 Å². The lowest BCUT2D eigenvalue weighted by Gasteiger charge is -2.16. The second kappa shape index (κ2) is 5.53. The standard InChI is InChI=1S/C13H16N2O3/c1-14-12(16)9-18-11-5-2-4-10(8-11)15-7-3-6-13(15)17/h2,4-5,8H,3,6-7,9H2,1H3,(H,14,16). The number of hydrogen-bond acceptors (Lipinski definition) is 3. The molecule has 5 nitrogen and oxygen atoms in total. The Morgan fingerprint density at radius 1 is 1.50 bits per heavy atom. The molecule has 0 radical (unpaired) electrons. The Bertz CT molecular complexity index is 459. The number of nitrogens with one attached hydrogen (secondary N) is 1. The van der Waals surface area contributed by atoms with Crippen LogP contribution < -0.4 is 15.0 Å². The molecule has 0 aliphatic carbocycles. The van der Waals surface area contributed by atoms with Gasteiger partial charge in [0.05, 0.1) is 0 Å². The van der Waals surface area contributed by atoms with Crippen molar-refractivity contribution in [1.82, 2.24) is 5.32 Å². The van der Waals surface area contributed by atoms with Crippen LogP contribution in [0.5, 0.6) is 5.75 Å². The zero-order chi connectivity index (χ0) is 13.0. The fourth-order valence-electron chi connectivity index (χ4n) is 1.88. The van der Waals surface area contributed by atoms with E-state index in [9.17, 15) is 9.59 Å². The molecule has 0 aromatic heterocycles. The first-order chi connectivity index (χ1) is 8.70. The molecule has 1 N–H and O–H groups in total. The third kappa shape index (κ3) is 2.80. The molecule has 0 spiro atoms. The zero-order valence-electron chi connectivity index (χ0n) is 10.3. The van der Waals surface area contributed by atoms with E-state index < -0.39 is 0 Å². The van der Waals surface area contributed by atoms with Crippen LogP contribution in [0.2, 0.25) is 0 Å². The van der Waals surface area contributed by atoms with Crippen LogP contribution >= 0.6 is 0 Å². The third-order valence-corrected chi connectivity index (χ3v) is 2.85. The van der Waals surface area contributed by atoms with E-state index in [1.165, 1.54) is 0 Å². The van der Waals surface area contributed by atoms with Gasteiger partial charge in [0.15, 0.2) is 6.61 Å². The van der Waals surface area contributed by atoms with E-state index in [-0.39, 0.29) is 18.4 Å². The Kier molecular flexibility index (Phi) is 3.82. The lowest BCUT2D eigenvalue weighted by molar-refractivity contribution is -0.122. The molecule has 1 aromatic rings. The zero-order valence-corrected chi connectivity index (χ0v) is 10.3. The number of rotatable bonds is 4. The molecule has 96 valence electrons. The Labute approximate surface area is 106 Å². The van der Waals surface area contributed by atoms with Gasteiger partial charge in [-0.3, -0.25) is 9.59 Å². The monoisotopic (exact) mass is 248 g/mol. The number of anilines is 1. The summed E-state index contributed by atoms with van der Waals surface area (Å²) in [5, 5.41) is 2.48. The molecular formula is C13H16N2O3. The molecule has 1 aromatic carbocycles. The van der Waals surface area contributed by atoms with Crippen molar-refractivity contribution in [1.29, 1.82) is 0 Å². The number of hydrogen-bond donors (Lipinski definition) is 1. The van der Waals surface area contributed by atoms with Gasteiger partial charge in [0.1, 0.15) is 5.75 Å². The summed E-state index contributed by atoms with van der Waals surface area (Å²) >= 11 is 0. The predicted molar refractivity (Wildman–Crippen MR) is 67.6 cm³/mol. The minimum atomic E-state index is -0.183. The predicted octanol–water partition coefficient (Wildman–Crippen LogP) is 0.938. The summed E-state index contributed by atoms with van der Waals surface area (Å²) < 4.78 is 5.34. The molecule has 1 heterocycles. The molecule has 0 atom stereocenters. The lowest BCUT2D eigenvalue weighted by atomic mass is 10.3. The molecule has 1 aliphatic heterocycles. The molecule has 18 heavy (non-hydrogen) atoms. The van der Waals surface area contributed by atoms with Gasteiger partial charge in [-0.25, -0.2) is 0 Å². The Morgan fingerprint density at radius 2 is 2.33 bits per heavy atom. The lowest BCUT2D eigenvalue weighted by Crippen LogP contribution is -2.25. The molecule has 2 amide bonds. The molecule has 1 fully saturated rings. The van der Waals surface area contributed by atoms with Gasteiger partial charge in [-0.2, -0.15) is 0 Å². The van der Waals surface area contributed by atoms with Crippen LogP contribution in [0.25, 0.3) is 0 Å². The van der Waals surface area contributed by atoms with Crippen molar-refractivity contribution >= 4 is 17.5 Å². The van der Waals surface area contributed by atoms with Gasteiger partial charge in [-0.1, -0.05) is 6.07 Å². The summed E-state index contributed by atoms with van der Waals surface area (Å²) in [6.45, 7) is 0.728. The molecular weight excluding hydrogens is 232 g/mol. The van der Waals surface area contributed by atoms with E-state index in [4.69, 9.17) is 4.74 Å². The maximum absolute atomic E-state index is 11.6. The molecule has 5 heteroatoms. The Balaban J connectivity index is 2.05. The van der Waals surface area contributed by atoms with Crippen LogP contribution in [-0.2, 0) is 9.59 Å². The van der Waals surface area contributed by atoms with Crippen molar-refractivity contribution in [3.63, 3.8) is 0 Å². The SMILES string of the molecule is CNC(=O)COc1cccc(N2CCCC2=O)c1. The van der Waals surface area contributed by atoms with Crippen LogP contribution in [-0.4, -0.2) is 32.0 Å². The van der Waals surface area contributed by atoms with E-state index in [1.807, 2.05) is 12.1 Å². The maximum atomic E-state index is 11.6. The van der Waals surface area contributed by atoms with Crippen LogP contribution in [0.3, 0.4) is 0 Å². The van der Waals surface area contributed by atoms with E-state index in [0.29, 0.717) is 12.2 Å². The number of likely N-dealkylation sites (N-methyl/N-ethyl adjacent to an activating group) is 1. The quantitative estimate of drug-likeness (QED) is 0.862. The number of carbonyl (C=O) groups is 2. The first-order valence-electron chi connectivity index (χ1n) is 5.94. The molecule has 1 saturated heterocycles. The number of carbonyl (C=O) groups excluding carboxylic acids is 2. The minimum absolute atomic E-state index is 0.0199. The third-order valence-electron chi connectivity index (χ3n) is 2.85. The van der Waals surface area contributed by atoms with E-state index in [2.05, 4.69) is 5.32 Å². The topological polar surface area (TPSA) is 58.6 Å². The summed E-state index contributed by atoms with van der Waals surface area (Å²) in [5.74, 6) is 0.548. The van der Waals surface area contributed by atoms with Gasteiger partial charge in [-0.05, 0) is 18.6 Å². The van der Waals surface area contributed by atoms with Crippen molar-refractivity contribution in [3.8, 4) is 5.75 Å². The van der Waals surface area contributed by atoms with Crippen LogP contribution in [0, 0.1) is 0 Å². The smallest absolute Gasteiger partial charge is 0.257 e. The summed E-state index contributed by atoms with van der Waals surface area (Å²) in [5.41, 5.74) is 0.826. The van der Waals surface area contributed by atoms with Crippen molar-refractivity contribution in [3.05, 3.63) is 24.3 Å². The van der Waals surface area contributed by atoms with Gasteiger partial charge < -0.3 is 15.0 Å². The van der Waals surface area contributed by atoms with Gasteiger partial charge >= 0.3 is 0 Å². The van der Waals surface area contributed by atoms with Gasteiger partial charge in [0.2, 0.25) is 5.91 Å². The average Bonchev–Trinajstić information content (AvgIpc) is 2.82. The van der Waals surface area contributed by atoms with E-state index in [1.54, 1.807) is 24.1 Å². The average molecular weight is 248 g/mol. The normalized spacial score (nSPS) is 14.7. The van der Waals surface area contributed by atoms with Gasteiger partial charge in [-0.15, -0.1) is 0 Å². The number of amides is 2. The highest BCUT2D eigenvalue weighted by atomic mass is 16.5. The second-order valence-corrected chi connectivity index (χ2v) is 4.11. The molecule has 2 rings (SSSR count). The Morgan fingerprint density at radius 3 is 3.00 bits per heavy atom. The first kappa shape index (κ1) is 12.4. The highest BCUT2D eigenvalue weighted by Crippen LogP contribution is 2.25. The minimum Gasteiger partial charge on any atom is -0.484 e. The van der Waals surface area contributed by atoms with Crippen LogP contribution in [0.1, 0.15) is 12.8 Å². The van der Waals surface area contributed by atoms with Crippen molar-refractivity contribution in [2.24, 2.45) is 0 Å². The van der Waals surface area contributed by atoms with Crippen molar-refractivity contribution in [2.75, 3.05) is 25.1 Å². The summed E-state index contributed by atoms with van der Waals surface area (Å²) in [7, 11) is 1.56. The van der Waals surface area contributed by atoms with E-state index in [0.717, 1.165) is 18.7 Å². The number of nitrogens with zero attached hydrogens (tertiary/aromatic N) is 1. The second-order valence-electron chi connectivity index (χ2n) is 4.11. The van der Waals surface area contributed by atoms with Gasteiger partial charge in [0.25, 0.3) is 5.91 Å². The van der Waals surface area contributed by atoms with Crippen molar-refractivity contribution < 1.29 is 14.3 Å². The summed E-state index contributed by atoms with van der Waals surface area (Å²) in [6, 6.07) is 7.25. The number of benzene rings is 1. The molecule has 1 aliphatic rings. The maximum Gasteiger partial charge on any atom is 0.257 e. The Hall–Kier alpha value is -2.04. The fraction of sp³-hybridized carbons (Fsp3) is 0.385. The summed E-state index contributed by atoms with van der Waals surface area (Å²) in [6.07, 6.45) is 1.49. The summed E-state index contributed by atoms with van der Waals surface area (Å²) in [4.78, 5) is 24.4. The molecule has 0 bridgehead atoms. The van der Waals surface area contributed by atoms with E-state index >= 15 is 0 Å². The highest BCUT2D eigenvalue weighted by Gasteiger charge is 2.21. The fourth-order valence-corrected chi connectivity index (χ4v) is 1.88. The van der Waals surface area contributed by atoms with Gasteiger partial charge in [0, 0.05) is 31.8 Å². The van der Waals surface area contributed by atoms with Crippen LogP contribution in [0.15, 0.2) is 24.3 Å². The molecule has 0 saturated carbocycles.